The van der Waals surface area contributed by atoms with Gasteiger partial charge in [0.05, 0.1) is 0 Å². The van der Waals surface area contributed by atoms with Crippen LogP contribution in [0.2, 0.25) is 0 Å². The summed E-state index contributed by atoms with van der Waals surface area (Å²) in [7, 11) is 0. The van der Waals surface area contributed by atoms with Crippen molar-refractivity contribution in [3.63, 3.8) is 0 Å². The minimum atomic E-state index is 0.750. The Kier molecular flexibility index (Phi) is 6.57. The second-order valence-electron chi connectivity index (χ2n) is 17.2. The summed E-state index contributed by atoms with van der Waals surface area (Å²) < 4.78 is 2.85. The fourth-order valence-electron chi connectivity index (χ4n) is 14.2. The molecule has 8 unspecified atom stereocenters. The van der Waals surface area contributed by atoms with Gasteiger partial charge in [0, 0.05) is 20.2 Å². The predicted octanol–water partition coefficient (Wildman–Crippen LogP) is 13.3. The summed E-state index contributed by atoms with van der Waals surface area (Å²) in [6.07, 6.45) is 20.0. The highest BCUT2D eigenvalue weighted by atomic mass is 32.1. The highest BCUT2D eigenvalue weighted by Gasteiger charge is 2.62. The quantitative estimate of drug-likeness (QED) is 0.181. The van der Waals surface area contributed by atoms with Gasteiger partial charge in [0.25, 0.3) is 0 Å². The Morgan fingerprint density at radius 2 is 1.09 bits per heavy atom. The Balaban J connectivity index is 0.975. The molecule has 1 aromatic heterocycles. The van der Waals surface area contributed by atoms with E-state index in [9.17, 15) is 0 Å². The van der Waals surface area contributed by atoms with Crippen LogP contribution in [0.25, 0.3) is 42.1 Å². The maximum absolute atomic E-state index is 2.64. The van der Waals surface area contributed by atoms with Gasteiger partial charge in [-0.1, -0.05) is 98.8 Å². The summed E-state index contributed by atoms with van der Waals surface area (Å²) >= 11 is 1.96. The van der Waals surface area contributed by atoms with Crippen LogP contribution in [0.5, 0.6) is 0 Å². The first kappa shape index (κ1) is 28.2. The van der Waals surface area contributed by atoms with Crippen molar-refractivity contribution in [2.75, 3.05) is 0 Å². The lowest BCUT2D eigenvalue weighted by Crippen LogP contribution is -2.61. The zero-order valence-corrected chi connectivity index (χ0v) is 28.8. The maximum Gasteiger partial charge on any atom is 0.0433 e. The average Bonchev–Trinajstić information content (AvgIpc) is 3.53. The van der Waals surface area contributed by atoms with E-state index in [1.165, 1.54) is 80.6 Å². The van der Waals surface area contributed by atoms with Crippen molar-refractivity contribution in [2.45, 2.75) is 89.4 Å². The van der Waals surface area contributed by atoms with E-state index < -0.39 is 0 Å². The summed E-state index contributed by atoms with van der Waals surface area (Å²) in [6, 6.07) is 30.9. The number of hydrogen-bond donors (Lipinski definition) is 0. The normalized spacial score (nSPS) is 37.7. The molecule has 0 saturated heterocycles. The lowest BCUT2D eigenvalue weighted by atomic mass is 9.37. The summed E-state index contributed by atoms with van der Waals surface area (Å²) in [6.45, 7) is 0. The van der Waals surface area contributed by atoms with Crippen LogP contribution in [-0.2, 0) is 0 Å². The van der Waals surface area contributed by atoms with Gasteiger partial charge in [-0.25, -0.2) is 0 Å². The topological polar surface area (TPSA) is 0 Å². The summed E-state index contributed by atoms with van der Waals surface area (Å²) in [4.78, 5) is 0. The van der Waals surface area contributed by atoms with Crippen LogP contribution >= 0.6 is 11.3 Å². The van der Waals surface area contributed by atoms with Gasteiger partial charge in [-0.3, -0.25) is 0 Å². The largest absolute Gasteiger partial charge is 0.135 e. The first-order valence-electron chi connectivity index (χ1n) is 19.7. The zero-order chi connectivity index (χ0) is 30.6. The molecule has 240 valence electrons. The highest BCUT2D eigenvalue weighted by Crippen LogP contribution is 2.70. The zero-order valence-electron chi connectivity index (χ0n) is 28.0. The van der Waals surface area contributed by atoms with E-state index in [0.717, 1.165) is 65.1 Å². The van der Waals surface area contributed by atoms with Gasteiger partial charge < -0.3 is 0 Å². The molecule has 1 heterocycles. The third kappa shape index (κ3) is 4.23. The minimum absolute atomic E-state index is 0.750. The summed E-state index contributed by atoms with van der Waals surface area (Å²) in [5, 5.41) is 5.57. The van der Waals surface area contributed by atoms with Gasteiger partial charge >= 0.3 is 0 Å². The molecule has 0 amide bonds. The molecular weight excluding hydrogens is 585 g/mol. The van der Waals surface area contributed by atoms with E-state index in [1.54, 1.807) is 50.5 Å². The van der Waals surface area contributed by atoms with Crippen LogP contribution in [0.1, 0.15) is 95.0 Å². The lowest BCUT2D eigenvalue weighted by Gasteiger charge is -2.68. The van der Waals surface area contributed by atoms with Crippen molar-refractivity contribution in [3.05, 3.63) is 84.4 Å². The molecule has 5 aromatic rings. The summed E-state index contributed by atoms with van der Waals surface area (Å²) in [5.74, 6) is 11.3. The third-order valence-electron chi connectivity index (χ3n) is 15.6. The maximum atomic E-state index is 2.64. The van der Waals surface area contributed by atoms with E-state index in [2.05, 4.69) is 78.9 Å². The molecule has 0 aliphatic heterocycles. The molecule has 6 saturated carbocycles. The van der Waals surface area contributed by atoms with Gasteiger partial charge in [0.2, 0.25) is 0 Å². The van der Waals surface area contributed by atoms with Crippen molar-refractivity contribution < 1.29 is 0 Å². The summed E-state index contributed by atoms with van der Waals surface area (Å²) in [5.41, 5.74) is 4.48. The predicted molar refractivity (Wildman–Crippen MR) is 200 cm³/mol. The molecule has 0 nitrogen and oxygen atoms in total. The van der Waals surface area contributed by atoms with Gasteiger partial charge in [-0.2, -0.15) is 0 Å². The van der Waals surface area contributed by atoms with Gasteiger partial charge in [0.15, 0.2) is 0 Å². The minimum Gasteiger partial charge on any atom is -0.135 e. The Morgan fingerprint density at radius 1 is 0.447 bits per heavy atom. The Morgan fingerprint density at radius 3 is 1.83 bits per heavy atom. The second-order valence-corrected chi connectivity index (χ2v) is 18.3. The van der Waals surface area contributed by atoms with Crippen LogP contribution in [-0.4, -0.2) is 0 Å². The molecule has 0 N–H and O–H groups in total. The molecular formula is C46H50S. The molecule has 4 aromatic carbocycles. The van der Waals surface area contributed by atoms with Crippen LogP contribution < -0.4 is 0 Å². The molecule has 1 heteroatoms. The number of hydrogen-bond acceptors (Lipinski definition) is 1. The lowest BCUT2D eigenvalue weighted by molar-refractivity contribution is -0.189. The first-order valence-corrected chi connectivity index (χ1v) is 20.6. The Labute approximate surface area is 285 Å². The molecule has 0 spiro atoms. The average molecular weight is 635 g/mol. The van der Waals surface area contributed by atoms with Crippen molar-refractivity contribution >= 4 is 42.3 Å². The van der Waals surface area contributed by atoms with Gasteiger partial charge in [0.1, 0.15) is 0 Å². The van der Waals surface area contributed by atoms with Crippen LogP contribution in [0.4, 0.5) is 0 Å². The SMILES string of the molecule is c1cc(-c2ccc3sc4c5ccccc5ccc4c3c2)cc(C2CC3C4CCCCC4C4CCCC5C6CCCCC6C(C2)C3C45)c1. The van der Waals surface area contributed by atoms with Crippen LogP contribution in [0, 0.1) is 59.2 Å². The van der Waals surface area contributed by atoms with E-state index in [4.69, 9.17) is 0 Å². The molecule has 6 aliphatic rings. The first-order chi connectivity index (χ1) is 23.3. The standard InChI is InChI=1S/C46H50S/c1-2-12-32-27(9-1)19-21-39-40-24-30(20-22-43(40)47-46(32)39)28-10-7-11-29(23-28)31-25-41-35-15-5-3-13-33(35)37-17-8-18-38-34-14-4-6-16-36(34)42(26-31)45(41)44(37)38/h1-2,7,9-12,19-24,31,33-38,41-42,44-45H,3-6,8,13-18,25-26H2. The number of fused-ring (bicyclic) bond motifs is 11. The van der Waals surface area contributed by atoms with E-state index in [1.807, 2.05) is 11.3 Å². The van der Waals surface area contributed by atoms with Crippen molar-refractivity contribution in [3.8, 4) is 11.1 Å². The fraction of sp³-hybridized carbons (Fsp3) is 0.522. The van der Waals surface area contributed by atoms with Crippen LogP contribution in [0.15, 0.2) is 78.9 Å². The fourth-order valence-corrected chi connectivity index (χ4v) is 15.4. The van der Waals surface area contributed by atoms with Gasteiger partial charge in [-0.15, -0.1) is 11.3 Å². The highest BCUT2D eigenvalue weighted by molar-refractivity contribution is 7.26. The van der Waals surface area contributed by atoms with E-state index in [-0.39, 0.29) is 0 Å². The second kappa shape index (κ2) is 10.9. The Bertz CT molecular complexity index is 1940. The smallest absolute Gasteiger partial charge is 0.0433 e. The molecule has 0 radical (unpaired) electrons. The van der Waals surface area contributed by atoms with Crippen molar-refractivity contribution in [1.82, 2.24) is 0 Å². The van der Waals surface area contributed by atoms with Crippen LogP contribution in [0.3, 0.4) is 0 Å². The number of rotatable bonds is 2. The number of benzene rings is 4. The van der Waals surface area contributed by atoms with Crippen molar-refractivity contribution in [1.29, 1.82) is 0 Å². The molecule has 6 aliphatic carbocycles. The Hall–Kier alpha value is -2.64. The molecule has 8 atom stereocenters. The molecule has 47 heavy (non-hydrogen) atoms. The molecule has 6 fully saturated rings. The monoisotopic (exact) mass is 634 g/mol. The van der Waals surface area contributed by atoms with E-state index in [0.29, 0.717) is 0 Å². The third-order valence-corrected chi connectivity index (χ3v) is 16.8. The molecule has 0 bridgehead atoms. The van der Waals surface area contributed by atoms with Gasteiger partial charge in [-0.05, 0) is 156 Å². The number of thiophene rings is 1. The molecule has 11 rings (SSSR count). The van der Waals surface area contributed by atoms with E-state index >= 15 is 0 Å². The van der Waals surface area contributed by atoms with Crippen molar-refractivity contribution in [2.24, 2.45) is 59.2 Å².